The number of carbonyl (C=O) groups is 1. The summed E-state index contributed by atoms with van der Waals surface area (Å²) in [6, 6.07) is 0. The van der Waals surface area contributed by atoms with E-state index in [2.05, 4.69) is 20.2 Å². The van der Waals surface area contributed by atoms with E-state index in [1.165, 1.54) is 0 Å². The predicted molar refractivity (Wildman–Crippen MR) is 106 cm³/mol. The third-order valence-corrected chi connectivity index (χ3v) is 5.94. The lowest BCUT2D eigenvalue weighted by atomic mass is 9.81. The van der Waals surface area contributed by atoms with E-state index in [-0.39, 0.29) is 23.0 Å². The number of nitrogens with one attached hydrogen (secondary N) is 1. The van der Waals surface area contributed by atoms with E-state index in [1.807, 2.05) is 27.7 Å². The fraction of sp³-hybridized carbons (Fsp3) is 0.722. The molecule has 0 radical (unpaired) electrons. The van der Waals surface area contributed by atoms with Crippen LogP contribution in [0.15, 0.2) is 12.4 Å². The van der Waals surface area contributed by atoms with E-state index in [0.29, 0.717) is 18.4 Å². The molecule has 0 spiro atoms. The van der Waals surface area contributed by atoms with Crippen LogP contribution in [0, 0.1) is 5.92 Å². The molecule has 7 nitrogen and oxygen atoms in total. The van der Waals surface area contributed by atoms with Crippen LogP contribution in [0.4, 0.5) is 5.95 Å². The Kier molecular flexibility index (Phi) is 5.98. The summed E-state index contributed by atoms with van der Waals surface area (Å²) in [5, 5.41) is 2.86. The molecule has 27 heavy (non-hydrogen) atoms. The second-order valence-electron chi connectivity index (χ2n) is 8.30. The van der Waals surface area contributed by atoms with E-state index >= 15 is 0 Å². The molecule has 1 aromatic rings. The fourth-order valence-electron chi connectivity index (χ4n) is 3.31. The van der Waals surface area contributed by atoms with Gasteiger partial charge in [0.25, 0.3) is 0 Å². The largest absolute Gasteiger partial charge is 0.498 e. The van der Waals surface area contributed by atoms with Gasteiger partial charge in [-0.1, -0.05) is 0 Å². The predicted octanol–water partition coefficient (Wildman–Crippen LogP) is 1.35. The molecule has 0 saturated carbocycles. The molecule has 1 amide bonds. The van der Waals surface area contributed by atoms with Crippen LogP contribution in [0.1, 0.15) is 40.5 Å². The van der Waals surface area contributed by atoms with Crippen molar-refractivity contribution in [1.82, 2.24) is 15.3 Å². The highest BCUT2D eigenvalue weighted by atomic mass is 35.5. The Morgan fingerprint density at radius 2 is 1.93 bits per heavy atom. The van der Waals surface area contributed by atoms with Crippen LogP contribution in [-0.4, -0.2) is 59.7 Å². The van der Waals surface area contributed by atoms with Crippen molar-refractivity contribution >= 4 is 36.0 Å². The molecule has 2 aliphatic rings. The van der Waals surface area contributed by atoms with Crippen LogP contribution in [0.5, 0.6) is 0 Å². The number of hydrogen-bond donors (Lipinski definition) is 1. The minimum atomic E-state index is -0.455. The first-order valence-corrected chi connectivity index (χ1v) is 10.0. The SMILES string of the molecule is CC1(C)OB(c2cnc(N3CCCC(CNC(=O)CCl)C3)nc2)OC1(C)C. The molecule has 0 aromatic carbocycles. The summed E-state index contributed by atoms with van der Waals surface area (Å²) in [6.07, 6.45) is 5.68. The molecule has 9 heteroatoms. The summed E-state index contributed by atoms with van der Waals surface area (Å²) in [5.74, 6) is 0.942. The first-order valence-electron chi connectivity index (χ1n) is 9.47. The van der Waals surface area contributed by atoms with Gasteiger partial charge in [0.2, 0.25) is 11.9 Å². The smallest absolute Gasteiger partial charge is 0.399 e. The topological polar surface area (TPSA) is 76.6 Å². The molecule has 3 rings (SSSR count). The van der Waals surface area contributed by atoms with Crippen LogP contribution in [0.3, 0.4) is 0 Å². The molecule has 3 heterocycles. The molecule has 1 atom stereocenters. The minimum absolute atomic E-state index is 0.0000718. The summed E-state index contributed by atoms with van der Waals surface area (Å²) in [5.41, 5.74) is 0.0497. The molecule has 1 aromatic heterocycles. The number of piperidine rings is 1. The van der Waals surface area contributed by atoms with Crippen molar-refractivity contribution in [2.24, 2.45) is 5.92 Å². The van der Waals surface area contributed by atoms with E-state index < -0.39 is 7.12 Å². The monoisotopic (exact) mass is 394 g/mol. The molecular formula is C18H28BClN4O3. The highest BCUT2D eigenvalue weighted by Gasteiger charge is 2.52. The van der Waals surface area contributed by atoms with E-state index in [0.717, 1.165) is 31.4 Å². The number of carbonyl (C=O) groups excluding carboxylic acids is 1. The third kappa shape index (κ3) is 4.55. The zero-order valence-corrected chi connectivity index (χ0v) is 17.3. The maximum Gasteiger partial charge on any atom is 0.498 e. The van der Waals surface area contributed by atoms with Crippen molar-refractivity contribution in [2.75, 3.05) is 30.4 Å². The lowest BCUT2D eigenvalue weighted by Gasteiger charge is -2.32. The Bertz CT molecular complexity index is 655. The second kappa shape index (κ2) is 7.93. The normalized spacial score (nSPS) is 24.1. The lowest BCUT2D eigenvalue weighted by molar-refractivity contribution is -0.118. The van der Waals surface area contributed by atoms with Crippen LogP contribution < -0.4 is 15.7 Å². The zero-order valence-electron chi connectivity index (χ0n) is 16.5. The van der Waals surface area contributed by atoms with E-state index in [4.69, 9.17) is 20.9 Å². The Labute approximate surface area is 166 Å². The highest BCUT2D eigenvalue weighted by Crippen LogP contribution is 2.36. The van der Waals surface area contributed by atoms with Gasteiger partial charge < -0.3 is 19.5 Å². The Morgan fingerprint density at radius 3 is 2.52 bits per heavy atom. The van der Waals surface area contributed by atoms with E-state index in [9.17, 15) is 4.79 Å². The molecule has 0 aliphatic carbocycles. The number of amides is 1. The van der Waals surface area contributed by atoms with Gasteiger partial charge in [-0.3, -0.25) is 4.79 Å². The van der Waals surface area contributed by atoms with Crippen molar-refractivity contribution in [3.05, 3.63) is 12.4 Å². The maximum atomic E-state index is 11.4. The number of hydrogen-bond acceptors (Lipinski definition) is 6. The average Bonchev–Trinajstić information content (AvgIpc) is 2.87. The summed E-state index contributed by atoms with van der Waals surface area (Å²) in [4.78, 5) is 22.6. The van der Waals surface area contributed by atoms with Crippen LogP contribution in [-0.2, 0) is 14.1 Å². The summed E-state index contributed by atoms with van der Waals surface area (Å²) in [7, 11) is -0.455. The van der Waals surface area contributed by atoms with Gasteiger partial charge in [-0.25, -0.2) is 9.97 Å². The summed E-state index contributed by atoms with van der Waals surface area (Å²) in [6.45, 7) is 10.5. The first-order chi connectivity index (χ1) is 12.7. The third-order valence-electron chi connectivity index (χ3n) is 5.69. The van der Waals surface area contributed by atoms with Gasteiger partial charge in [-0.15, -0.1) is 11.6 Å². The summed E-state index contributed by atoms with van der Waals surface area (Å²) >= 11 is 5.54. The lowest BCUT2D eigenvalue weighted by Crippen LogP contribution is -2.42. The number of rotatable bonds is 5. The van der Waals surface area contributed by atoms with Gasteiger partial charge >= 0.3 is 7.12 Å². The van der Waals surface area contributed by atoms with Gasteiger partial charge in [0, 0.05) is 37.5 Å². The number of nitrogens with zero attached hydrogens (tertiary/aromatic N) is 3. The molecule has 0 bridgehead atoms. The molecule has 2 saturated heterocycles. The molecular weight excluding hydrogens is 366 g/mol. The molecule has 2 aliphatic heterocycles. The number of alkyl halides is 1. The van der Waals surface area contributed by atoms with Gasteiger partial charge in [0.05, 0.1) is 11.2 Å². The zero-order chi connectivity index (χ0) is 19.7. The molecule has 1 unspecified atom stereocenters. The quantitative estimate of drug-likeness (QED) is 0.600. The van der Waals surface area contributed by atoms with Gasteiger partial charge in [0.1, 0.15) is 5.88 Å². The maximum absolute atomic E-state index is 11.4. The summed E-state index contributed by atoms with van der Waals surface area (Å²) < 4.78 is 12.1. The standard InChI is InChI=1S/C18H28BClN4O3/c1-17(2)18(3,4)27-19(26-17)14-10-22-16(23-11-14)24-7-5-6-13(12-24)9-21-15(25)8-20/h10-11,13H,5-9,12H2,1-4H3,(H,21,25). The number of aromatic nitrogens is 2. The van der Waals surface area contributed by atoms with Crippen LogP contribution in [0.2, 0.25) is 0 Å². The van der Waals surface area contributed by atoms with Gasteiger partial charge in [-0.05, 0) is 46.5 Å². The first kappa shape index (κ1) is 20.4. The number of anilines is 1. The average molecular weight is 395 g/mol. The van der Waals surface area contributed by atoms with Gasteiger partial charge in [-0.2, -0.15) is 0 Å². The molecule has 2 fully saturated rings. The minimum Gasteiger partial charge on any atom is -0.399 e. The van der Waals surface area contributed by atoms with Crippen molar-refractivity contribution in [1.29, 1.82) is 0 Å². The Morgan fingerprint density at radius 1 is 1.30 bits per heavy atom. The Hall–Kier alpha value is -1.38. The van der Waals surface area contributed by atoms with Crippen molar-refractivity contribution in [2.45, 2.75) is 51.7 Å². The van der Waals surface area contributed by atoms with Crippen molar-refractivity contribution in [3.63, 3.8) is 0 Å². The Balaban J connectivity index is 1.61. The fourth-order valence-corrected chi connectivity index (χ4v) is 3.41. The molecule has 148 valence electrons. The van der Waals surface area contributed by atoms with Crippen LogP contribution >= 0.6 is 11.6 Å². The second-order valence-corrected chi connectivity index (χ2v) is 8.56. The highest BCUT2D eigenvalue weighted by molar-refractivity contribution is 6.61. The molecule has 1 N–H and O–H groups in total. The van der Waals surface area contributed by atoms with E-state index in [1.54, 1.807) is 12.4 Å². The van der Waals surface area contributed by atoms with Crippen molar-refractivity contribution in [3.8, 4) is 0 Å². The van der Waals surface area contributed by atoms with Crippen LogP contribution in [0.25, 0.3) is 0 Å². The van der Waals surface area contributed by atoms with Crippen molar-refractivity contribution < 1.29 is 14.1 Å². The number of halogens is 1. The van der Waals surface area contributed by atoms with Gasteiger partial charge in [0.15, 0.2) is 0 Å².